The minimum absolute atomic E-state index is 0.117. The third-order valence-corrected chi connectivity index (χ3v) is 8.62. The topological polar surface area (TPSA) is 158 Å². The molecule has 224 valence electrons. The molecular formula is C29H29Cl2N7O5. The smallest absolute Gasteiger partial charge is 0.263 e. The van der Waals surface area contributed by atoms with Crippen molar-refractivity contribution in [2.24, 2.45) is 12.8 Å². The van der Waals surface area contributed by atoms with E-state index in [-0.39, 0.29) is 50.9 Å². The average molecular weight is 627 g/mol. The summed E-state index contributed by atoms with van der Waals surface area (Å²) in [6, 6.07) is 4.75. The van der Waals surface area contributed by atoms with Gasteiger partial charge in [-0.1, -0.05) is 36.0 Å². The van der Waals surface area contributed by atoms with Gasteiger partial charge in [-0.15, -0.1) is 0 Å². The molecule has 1 saturated heterocycles. The summed E-state index contributed by atoms with van der Waals surface area (Å²) in [5.74, 6) is -1.05. The van der Waals surface area contributed by atoms with Crippen LogP contribution in [0.2, 0.25) is 10.0 Å². The Morgan fingerprint density at radius 1 is 1.16 bits per heavy atom. The molecule has 0 spiro atoms. The van der Waals surface area contributed by atoms with Gasteiger partial charge in [0, 0.05) is 31.4 Å². The predicted octanol–water partition coefficient (Wildman–Crippen LogP) is 3.69. The van der Waals surface area contributed by atoms with E-state index in [1.807, 2.05) is 0 Å². The van der Waals surface area contributed by atoms with Crippen molar-refractivity contribution in [1.29, 1.82) is 0 Å². The van der Waals surface area contributed by atoms with Crippen molar-refractivity contribution in [3.8, 4) is 16.9 Å². The first-order chi connectivity index (χ1) is 20.6. The molecule has 1 saturated carbocycles. The number of nitrogens with one attached hydrogen (secondary N) is 1. The SMILES string of the molecule is Cn1cnc2c(c(-c3cc(Cl)c(O)c(C(N)=O)c3)cn2CC(=O)Nc2cc(N3CCOC4CCCCC43)ncc2Cl)c1=O. The molecule has 0 bridgehead atoms. The van der Waals surface area contributed by atoms with Crippen LogP contribution in [0.4, 0.5) is 11.5 Å². The van der Waals surface area contributed by atoms with Crippen LogP contribution in [0.15, 0.2) is 41.7 Å². The molecular weight excluding hydrogens is 597 g/mol. The molecule has 0 radical (unpaired) electrons. The second kappa shape index (κ2) is 11.5. The number of nitrogens with two attached hydrogens (primary N) is 1. The van der Waals surface area contributed by atoms with Crippen LogP contribution in [-0.2, 0) is 23.1 Å². The molecule has 3 aromatic heterocycles. The summed E-state index contributed by atoms with van der Waals surface area (Å²) in [4.78, 5) is 49.7. The zero-order valence-electron chi connectivity index (χ0n) is 23.2. The number of primary amides is 1. The van der Waals surface area contributed by atoms with Crippen LogP contribution < -0.4 is 21.5 Å². The molecule has 6 rings (SSSR count). The molecule has 1 aliphatic carbocycles. The number of aryl methyl sites for hydroxylation is 1. The summed E-state index contributed by atoms with van der Waals surface area (Å²) in [6.07, 6.45) is 8.92. The number of carbonyl (C=O) groups is 2. The Morgan fingerprint density at radius 2 is 1.95 bits per heavy atom. The van der Waals surface area contributed by atoms with E-state index >= 15 is 0 Å². The molecule has 14 heteroatoms. The van der Waals surface area contributed by atoms with Gasteiger partial charge in [0.25, 0.3) is 11.5 Å². The molecule has 1 aromatic carbocycles. The zero-order chi connectivity index (χ0) is 30.4. The Balaban J connectivity index is 1.32. The van der Waals surface area contributed by atoms with Crippen LogP contribution in [-0.4, -0.2) is 61.3 Å². The fourth-order valence-corrected chi connectivity index (χ4v) is 6.32. The van der Waals surface area contributed by atoms with E-state index in [0.29, 0.717) is 35.8 Å². The van der Waals surface area contributed by atoms with E-state index in [9.17, 15) is 19.5 Å². The molecule has 43 heavy (non-hydrogen) atoms. The Morgan fingerprint density at radius 3 is 2.74 bits per heavy atom. The highest BCUT2D eigenvalue weighted by Gasteiger charge is 2.35. The van der Waals surface area contributed by atoms with E-state index in [1.165, 1.54) is 33.8 Å². The molecule has 2 fully saturated rings. The number of anilines is 2. The van der Waals surface area contributed by atoms with Crippen LogP contribution in [0.25, 0.3) is 22.2 Å². The monoisotopic (exact) mass is 625 g/mol. The number of benzene rings is 1. The van der Waals surface area contributed by atoms with E-state index in [4.69, 9.17) is 33.7 Å². The summed E-state index contributed by atoms with van der Waals surface area (Å²) in [5, 5.41) is 13.4. The van der Waals surface area contributed by atoms with Crippen LogP contribution in [0.5, 0.6) is 5.75 Å². The Hall–Kier alpha value is -4.13. The van der Waals surface area contributed by atoms with Crippen molar-refractivity contribution in [2.75, 3.05) is 23.4 Å². The number of aromatic nitrogens is 4. The minimum Gasteiger partial charge on any atom is -0.506 e. The van der Waals surface area contributed by atoms with Crippen molar-refractivity contribution in [1.82, 2.24) is 19.1 Å². The second-order valence-corrected chi connectivity index (χ2v) is 11.6. The number of pyridine rings is 1. The normalized spacial score (nSPS) is 18.4. The van der Waals surface area contributed by atoms with Gasteiger partial charge >= 0.3 is 0 Å². The molecule has 12 nitrogen and oxygen atoms in total. The maximum Gasteiger partial charge on any atom is 0.263 e. The number of aromatic hydroxyl groups is 1. The predicted molar refractivity (Wildman–Crippen MR) is 163 cm³/mol. The van der Waals surface area contributed by atoms with Crippen molar-refractivity contribution < 1.29 is 19.4 Å². The molecule has 2 unspecified atom stereocenters. The fourth-order valence-electron chi connectivity index (χ4n) is 5.95. The Bertz CT molecular complexity index is 1820. The van der Waals surface area contributed by atoms with E-state index in [1.54, 1.807) is 19.3 Å². The second-order valence-electron chi connectivity index (χ2n) is 10.8. The van der Waals surface area contributed by atoms with E-state index in [0.717, 1.165) is 25.7 Å². The lowest BCUT2D eigenvalue weighted by Crippen LogP contribution is -2.53. The summed E-state index contributed by atoms with van der Waals surface area (Å²) in [6.45, 7) is 1.10. The van der Waals surface area contributed by atoms with Gasteiger partial charge in [-0.2, -0.15) is 0 Å². The minimum atomic E-state index is -0.889. The van der Waals surface area contributed by atoms with Gasteiger partial charge in [0.1, 0.15) is 23.8 Å². The van der Waals surface area contributed by atoms with Crippen LogP contribution in [0, 0.1) is 0 Å². The van der Waals surface area contributed by atoms with Crippen LogP contribution >= 0.6 is 23.2 Å². The number of ether oxygens (including phenoxy) is 1. The largest absolute Gasteiger partial charge is 0.506 e. The molecule has 1 aliphatic heterocycles. The van der Waals surface area contributed by atoms with Crippen molar-refractivity contribution in [3.05, 3.63) is 62.9 Å². The lowest BCUT2D eigenvalue weighted by Gasteiger charge is -2.44. The summed E-state index contributed by atoms with van der Waals surface area (Å²) < 4.78 is 8.82. The van der Waals surface area contributed by atoms with Gasteiger partial charge in [-0.3, -0.25) is 14.4 Å². The Labute approximate surface area is 256 Å². The van der Waals surface area contributed by atoms with Crippen molar-refractivity contribution in [2.45, 2.75) is 44.4 Å². The third-order valence-electron chi connectivity index (χ3n) is 8.03. The van der Waals surface area contributed by atoms with Gasteiger partial charge in [-0.25, -0.2) is 9.97 Å². The first-order valence-corrected chi connectivity index (χ1v) is 14.6. The number of fused-ring (bicyclic) bond motifs is 2. The average Bonchev–Trinajstić information content (AvgIpc) is 3.35. The molecule has 4 heterocycles. The lowest BCUT2D eigenvalue weighted by atomic mass is 9.90. The number of nitrogens with zero attached hydrogens (tertiary/aromatic N) is 5. The van der Waals surface area contributed by atoms with Crippen LogP contribution in [0.3, 0.4) is 0 Å². The number of morpholine rings is 1. The number of rotatable bonds is 6. The number of amides is 2. The van der Waals surface area contributed by atoms with Gasteiger partial charge in [0.2, 0.25) is 5.91 Å². The maximum atomic E-state index is 13.4. The molecule has 2 atom stereocenters. The molecule has 4 aromatic rings. The highest BCUT2D eigenvalue weighted by molar-refractivity contribution is 6.34. The number of halogens is 2. The molecule has 4 N–H and O–H groups in total. The standard InChI is InChI=1S/C29H29Cl2N7O5/c1-36-14-34-28-25(29(36)42)17(15-8-16(27(32)41)26(40)18(30)9-15)12-37(28)13-24(39)35-20-10-23(33-11-19(20)31)38-6-7-43-22-5-3-2-4-21(22)38/h8-12,14,21-22,40H,2-7,13H2,1H3,(H2,32,41)(H,33,35,39). The first-order valence-electron chi connectivity index (χ1n) is 13.8. The number of hydrogen-bond donors (Lipinski definition) is 3. The van der Waals surface area contributed by atoms with E-state index < -0.39 is 17.6 Å². The number of hydrogen-bond acceptors (Lipinski definition) is 8. The summed E-state index contributed by atoms with van der Waals surface area (Å²) >= 11 is 12.6. The number of phenols is 1. The van der Waals surface area contributed by atoms with Gasteiger partial charge in [-0.05, 0) is 30.5 Å². The zero-order valence-corrected chi connectivity index (χ0v) is 24.7. The van der Waals surface area contributed by atoms with E-state index in [2.05, 4.69) is 20.2 Å². The quantitative estimate of drug-likeness (QED) is 0.293. The summed E-state index contributed by atoms with van der Waals surface area (Å²) in [5.41, 5.74) is 6.21. The highest BCUT2D eigenvalue weighted by Crippen LogP contribution is 2.37. The maximum absolute atomic E-state index is 13.4. The first kappa shape index (κ1) is 29.0. The summed E-state index contributed by atoms with van der Waals surface area (Å²) in [7, 11) is 1.55. The fraction of sp³-hybridized carbons (Fsp3) is 0.345. The Kier molecular flexibility index (Phi) is 7.75. The van der Waals surface area contributed by atoms with Gasteiger partial charge < -0.3 is 34.9 Å². The lowest BCUT2D eigenvalue weighted by molar-refractivity contribution is -0.116. The molecule has 2 aliphatic rings. The van der Waals surface area contributed by atoms with Gasteiger partial charge in [0.05, 0.1) is 58.0 Å². The molecule has 2 amide bonds. The number of carbonyl (C=O) groups excluding carboxylic acids is 2. The van der Waals surface area contributed by atoms with Crippen molar-refractivity contribution >= 4 is 57.6 Å². The van der Waals surface area contributed by atoms with Crippen molar-refractivity contribution in [3.63, 3.8) is 0 Å². The van der Waals surface area contributed by atoms with Crippen LogP contribution in [0.1, 0.15) is 36.0 Å². The highest BCUT2D eigenvalue weighted by atomic mass is 35.5. The third kappa shape index (κ3) is 5.41. The van der Waals surface area contributed by atoms with Gasteiger partial charge in [0.15, 0.2) is 0 Å².